The van der Waals surface area contributed by atoms with Crippen molar-refractivity contribution >= 4 is 21.6 Å². The molecule has 0 bridgehead atoms. The first kappa shape index (κ1) is 12.4. The number of sulfonamides is 1. The van der Waals surface area contributed by atoms with E-state index in [0.717, 1.165) is 17.7 Å². The lowest BCUT2D eigenvalue weighted by Crippen LogP contribution is -2.24. The molecule has 0 radical (unpaired) electrons. The highest BCUT2D eigenvalue weighted by Crippen LogP contribution is 2.27. The van der Waals surface area contributed by atoms with Crippen molar-refractivity contribution in [1.29, 1.82) is 0 Å². The Bertz CT molecular complexity index is 554. The fourth-order valence-corrected chi connectivity index (χ4v) is 2.81. The predicted octanol–water partition coefficient (Wildman–Crippen LogP) is 1.65. The van der Waals surface area contributed by atoms with E-state index in [1.54, 1.807) is 12.1 Å². The molecule has 1 heterocycles. The quantitative estimate of drug-likeness (QED) is 0.908. The molecule has 0 fully saturated rings. The van der Waals surface area contributed by atoms with Crippen LogP contribution in [0.5, 0.6) is 5.75 Å². The molecule has 0 spiro atoms. The van der Waals surface area contributed by atoms with Gasteiger partial charge in [-0.3, -0.25) is 0 Å². The highest BCUT2D eigenvalue weighted by Gasteiger charge is 2.18. The van der Waals surface area contributed by atoms with Gasteiger partial charge in [-0.25, -0.2) is 13.1 Å². The Balaban J connectivity index is 2.24. The van der Waals surface area contributed by atoms with Crippen LogP contribution in [0.15, 0.2) is 34.7 Å². The third-order valence-electron chi connectivity index (χ3n) is 2.43. The Kier molecular flexibility index (Phi) is 3.42. The van der Waals surface area contributed by atoms with E-state index >= 15 is 0 Å². The molecule has 1 aliphatic rings. The molecule has 4 nitrogen and oxygen atoms in total. The summed E-state index contributed by atoms with van der Waals surface area (Å²) in [5.41, 5.74) is 0.914. The van der Waals surface area contributed by atoms with Gasteiger partial charge in [0.15, 0.2) is 0 Å². The van der Waals surface area contributed by atoms with Crippen LogP contribution < -0.4 is 9.46 Å². The Morgan fingerprint density at radius 2 is 2.29 bits per heavy atom. The molecule has 1 aromatic carbocycles. The smallest absolute Gasteiger partial charge is 0.240 e. The second-order valence-electron chi connectivity index (χ2n) is 3.71. The van der Waals surface area contributed by atoms with Gasteiger partial charge in [0.25, 0.3) is 0 Å². The van der Waals surface area contributed by atoms with Crippen molar-refractivity contribution in [2.24, 2.45) is 0 Å². The second-order valence-corrected chi connectivity index (χ2v) is 6.01. The summed E-state index contributed by atoms with van der Waals surface area (Å²) < 4.78 is 31.4. The molecule has 0 unspecified atom stereocenters. The molecule has 0 atom stereocenters. The summed E-state index contributed by atoms with van der Waals surface area (Å²) in [5, 5.41) is 0.248. The second kappa shape index (κ2) is 4.68. The molecule has 0 aromatic heterocycles. The normalized spacial score (nSPS) is 14.2. The lowest BCUT2D eigenvalue weighted by molar-refractivity contribution is 0.356. The summed E-state index contributed by atoms with van der Waals surface area (Å²) in [5.74, 6) is 0.755. The first-order chi connectivity index (χ1) is 7.99. The average Bonchev–Trinajstić information content (AvgIpc) is 2.73. The van der Waals surface area contributed by atoms with E-state index in [4.69, 9.17) is 16.3 Å². The number of rotatable bonds is 4. The van der Waals surface area contributed by atoms with E-state index in [2.05, 4.69) is 11.3 Å². The summed E-state index contributed by atoms with van der Waals surface area (Å²) in [6, 6.07) is 4.82. The zero-order chi connectivity index (χ0) is 12.5. The Hall–Kier alpha value is -1.04. The molecular weight excluding hydrogens is 262 g/mol. The minimum atomic E-state index is -3.53. The lowest BCUT2D eigenvalue weighted by Gasteiger charge is -2.07. The Morgan fingerprint density at radius 1 is 1.53 bits per heavy atom. The molecule has 6 heteroatoms. The van der Waals surface area contributed by atoms with Crippen molar-refractivity contribution in [3.05, 3.63) is 35.4 Å². The van der Waals surface area contributed by atoms with Crippen LogP contribution in [-0.4, -0.2) is 21.6 Å². The fraction of sp³-hybridized carbons (Fsp3) is 0.273. The lowest BCUT2D eigenvalue weighted by atomic mass is 10.2. The SMILES string of the molecule is C=C(Cl)CNS(=O)(=O)c1ccc2c(c1)CCO2. The molecule has 2 rings (SSSR count). The van der Waals surface area contributed by atoms with Gasteiger partial charge < -0.3 is 4.74 Å². The first-order valence-corrected chi connectivity index (χ1v) is 6.94. The van der Waals surface area contributed by atoms with Gasteiger partial charge >= 0.3 is 0 Å². The summed E-state index contributed by atoms with van der Waals surface area (Å²) in [6.45, 7) is 4.06. The van der Waals surface area contributed by atoms with E-state index in [1.807, 2.05) is 0 Å². The maximum atomic E-state index is 11.9. The van der Waals surface area contributed by atoms with E-state index in [0.29, 0.717) is 6.61 Å². The molecule has 0 amide bonds. The monoisotopic (exact) mass is 273 g/mol. The van der Waals surface area contributed by atoms with E-state index in [1.165, 1.54) is 6.07 Å². The molecule has 1 N–H and O–H groups in total. The van der Waals surface area contributed by atoms with Crippen LogP contribution in [0.3, 0.4) is 0 Å². The van der Waals surface area contributed by atoms with Crippen LogP contribution in [0.25, 0.3) is 0 Å². The summed E-state index contributed by atoms with van der Waals surface area (Å²) in [6.07, 6.45) is 0.737. The maximum absolute atomic E-state index is 11.9. The third-order valence-corrected chi connectivity index (χ3v) is 3.96. The van der Waals surface area contributed by atoms with Gasteiger partial charge in [-0.15, -0.1) is 0 Å². The van der Waals surface area contributed by atoms with Gasteiger partial charge in [-0.1, -0.05) is 18.2 Å². The third kappa shape index (κ3) is 2.80. The number of nitrogens with one attached hydrogen (secondary N) is 1. The average molecular weight is 274 g/mol. The van der Waals surface area contributed by atoms with Gasteiger partial charge in [0.05, 0.1) is 11.5 Å². The summed E-state index contributed by atoms with van der Waals surface area (Å²) in [4.78, 5) is 0.222. The van der Waals surface area contributed by atoms with Gasteiger partial charge in [0, 0.05) is 18.0 Å². The topological polar surface area (TPSA) is 55.4 Å². The molecule has 0 aliphatic carbocycles. The Labute approximate surface area is 105 Å². The summed E-state index contributed by atoms with van der Waals surface area (Å²) in [7, 11) is -3.53. The molecule has 17 heavy (non-hydrogen) atoms. The number of benzene rings is 1. The highest BCUT2D eigenvalue weighted by molar-refractivity contribution is 7.89. The van der Waals surface area contributed by atoms with Gasteiger partial charge in [0.1, 0.15) is 5.75 Å². The van der Waals surface area contributed by atoms with E-state index < -0.39 is 10.0 Å². The number of hydrogen-bond acceptors (Lipinski definition) is 3. The van der Waals surface area contributed by atoms with Crippen molar-refractivity contribution in [1.82, 2.24) is 4.72 Å². The largest absolute Gasteiger partial charge is 0.493 e. The van der Waals surface area contributed by atoms with Crippen LogP contribution in [0.1, 0.15) is 5.56 Å². The number of halogens is 1. The molecule has 0 saturated carbocycles. The van der Waals surface area contributed by atoms with Crippen LogP contribution in [0.2, 0.25) is 0 Å². The van der Waals surface area contributed by atoms with Crippen LogP contribution >= 0.6 is 11.6 Å². The zero-order valence-electron chi connectivity index (χ0n) is 9.07. The van der Waals surface area contributed by atoms with Crippen LogP contribution in [-0.2, 0) is 16.4 Å². The summed E-state index contributed by atoms with van der Waals surface area (Å²) >= 11 is 5.52. The Morgan fingerprint density at radius 3 is 3.00 bits per heavy atom. The number of ether oxygens (including phenoxy) is 1. The van der Waals surface area contributed by atoms with E-state index in [9.17, 15) is 8.42 Å². The maximum Gasteiger partial charge on any atom is 0.240 e. The van der Waals surface area contributed by atoms with Crippen molar-refractivity contribution in [2.45, 2.75) is 11.3 Å². The zero-order valence-corrected chi connectivity index (χ0v) is 10.6. The molecule has 0 saturated heterocycles. The van der Waals surface area contributed by atoms with Crippen molar-refractivity contribution in [2.75, 3.05) is 13.2 Å². The van der Waals surface area contributed by atoms with Crippen molar-refractivity contribution in [3.63, 3.8) is 0 Å². The predicted molar refractivity (Wildman–Crippen MR) is 65.8 cm³/mol. The van der Waals surface area contributed by atoms with Crippen LogP contribution in [0.4, 0.5) is 0 Å². The van der Waals surface area contributed by atoms with Crippen LogP contribution in [0, 0.1) is 0 Å². The molecule has 1 aliphatic heterocycles. The van der Waals surface area contributed by atoms with Crippen molar-refractivity contribution < 1.29 is 13.2 Å². The molecule has 1 aromatic rings. The molecule has 92 valence electrons. The highest BCUT2D eigenvalue weighted by atomic mass is 35.5. The minimum Gasteiger partial charge on any atom is -0.493 e. The first-order valence-electron chi connectivity index (χ1n) is 5.08. The molecular formula is C11H12ClNO3S. The standard InChI is InChI=1S/C11H12ClNO3S/c1-8(12)7-13-17(14,15)10-2-3-11-9(6-10)4-5-16-11/h2-3,6,13H,1,4-5,7H2. The van der Waals surface area contributed by atoms with Crippen molar-refractivity contribution in [3.8, 4) is 5.75 Å². The minimum absolute atomic E-state index is 0.0253. The van der Waals surface area contributed by atoms with E-state index in [-0.39, 0.29) is 16.5 Å². The fourth-order valence-electron chi connectivity index (χ4n) is 1.59. The number of fused-ring (bicyclic) bond motifs is 1. The van der Waals surface area contributed by atoms with Gasteiger partial charge in [0.2, 0.25) is 10.0 Å². The number of hydrogen-bond donors (Lipinski definition) is 1. The van der Waals surface area contributed by atoms with Gasteiger partial charge in [-0.2, -0.15) is 0 Å². The van der Waals surface area contributed by atoms with Gasteiger partial charge in [-0.05, 0) is 23.8 Å².